The summed E-state index contributed by atoms with van der Waals surface area (Å²) in [6.07, 6.45) is 0. The molecule has 0 aliphatic heterocycles. The third-order valence-electron chi connectivity index (χ3n) is 1.69. The molecule has 0 atom stereocenters. The van der Waals surface area contributed by atoms with E-state index in [2.05, 4.69) is 12.6 Å². The summed E-state index contributed by atoms with van der Waals surface area (Å²) in [5, 5.41) is 26.2. The Morgan fingerprint density at radius 1 is 0.800 bits per heavy atom. The Labute approximate surface area is 101 Å². The first kappa shape index (κ1) is 11.7. The van der Waals surface area contributed by atoms with Crippen molar-refractivity contribution in [3.05, 3.63) is 26.7 Å². The topological polar surface area (TPSA) is 71.4 Å². The van der Waals surface area contributed by atoms with Gasteiger partial charge in [-0.15, -0.1) is 12.6 Å². The predicted octanol–water partition coefficient (Wildman–Crippen LogP) is 2.90. The van der Waals surface area contributed by atoms with Crippen molar-refractivity contribution in [3.8, 4) is 18.2 Å². The summed E-state index contributed by atoms with van der Waals surface area (Å²) >= 11 is 15.5. The van der Waals surface area contributed by atoms with E-state index >= 15 is 0 Å². The Morgan fingerprint density at radius 3 is 1.40 bits per heavy atom. The second kappa shape index (κ2) is 4.43. The van der Waals surface area contributed by atoms with Crippen molar-refractivity contribution in [1.82, 2.24) is 0 Å². The van der Waals surface area contributed by atoms with Gasteiger partial charge in [0.2, 0.25) is 0 Å². The van der Waals surface area contributed by atoms with Gasteiger partial charge in [0.05, 0.1) is 26.7 Å². The SMILES string of the molecule is N#Cc1c(S)c(C#N)c(Cl)c(C#N)c1Cl. The summed E-state index contributed by atoms with van der Waals surface area (Å²) in [5.41, 5.74) is -0.112. The summed E-state index contributed by atoms with van der Waals surface area (Å²) in [5.74, 6) is 0. The fourth-order valence-electron chi connectivity index (χ4n) is 0.981. The number of thiol groups is 1. The van der Waals surface area contributed by atoms with E-state index in [4.69, 9.17) is 39.0 Å². The van der Waals surface area contributed by atoms with Gasteiger partial charge in [-0.1, -0.05) is 23.2 Å². The maximum absolute atomic E-state index is 8.78. The molecule has 0 amide bonds. The van der Waals surface area contributed by atoms with Crippen LogP contribution in [0.1, 0.15) is 16.7 Å². The molecule has 0 bridgehead atoms. The van der Waals surface area contributed by atoms with E-state index in [0.29, 0.717) is 0 Å². The Hall–Kier alpha value is -1.38. The quantitative estimate of drug-likeness (QED) is 0.723. The first-order valence-corrected chi connectivity index (χ1v) is 4.73. The lowest BCUT2D eigenvalue weighted by Gasteiger charge is -2.06. The maximum atomic E-state index is 8.78. The van der Waals surface area contributed by atoms with E-state index < -0.39 is 0 Å². The van der Waals surface area contributed by atoms with Gasteiger partial charge in [0.1, 0.15) is 18.2 Å². The van der Waals surface area contributed by atoms with Crippen molar-refractivity contribution in [2.75, 3.05) is 0 Å². The lowest BCUT2D eigenvalue weighted by Crippen LogP contribution is -1.93. The average molecular weight is 254 g/mol. The smallest absolute Gasteiger partial charge is 0.102 e. The van der Waals surface area contributed by atoms with Gasteiger partial charge in [0.15, 0.2) is 0 Å². The fraction of sp³-hybridized carbons (Fsp3) is 0. The molecule has 3 nitrogen and oxygen atoms in total. The normalized spacial score (nSPS) is 8.80. The van der Waals surface area contributed by atoms with Crippen molar-refractivity contribution in [2.24, 2.45) is 0 Å². The van der Waals surface area contributed by atoms with Crippen molar-refractivity contribution >= 4 is 35.8 Å². The predicted molar refractivity (Wildman–Crippen MR) is 57.9 cm³/mol. The molecule has 0 aliphatic rings. The molecule has 15 heavy (non-hydrogen) atoms. The van der Waals surface area contributed by atoms with Gasteiger partial charge in [-0.2, -0.15) is 15.8 Å². The highest BCUT2D eigenvalue weighted by atomic mass is 35.5. The number of hydrogen-bond acceptors (Lipinski definition) is 4. The third kappa shape index (κ3) is 1.74. The summed E-state index contributed by atoms with van der Waals surface area (Å²) in [7, 11) is 0. The van der Waals surface area contributed by atoms with Crippen LogP contribution >= 0.6 is 35.8 Å². The molecule has 0 saturated heterocycles. The molecule has 0 N–H and O–H groups in total. The zero-order chi connectivity index (χ0) is 11.6. The fourth-order valence-corrected chi connectivity index (χ4v) is 2.03. The van der Waals surface area contributed by atoms with Crippen LogP contribution in [0, 0.1) is 34.0 Å². The van der Waals surface area contributed by atoms with Gasteiger partial charge in [-0.3, -0.25) is 0 Å². The molecule has 72 valence electrons. The van der Waals surface area contributed by atoms with E-state index in [0.717, 1.165) is 0 Å². The van der Waals surface area contributed by atoms with Crippen molar-refractivity contribution < 1.29 is 0 Å². The number of benzene rings is 1. The number of hydrogen-bond donors (Lipinski definition) is 1. The maximum Gasteiger partial charge on any atom is 0.102 e. The van der Waals surface area contributed by atoms with Gasteiger partial charge in [0.25, 0.3) is 0 Å². The van der Waals surface area contributed by atoms with Gasteiger partial charge < -0.3 is 0 Å². The molecule has 0 radical (unpaired) electrons. The zero-order valence-corrected chi connectivity index (χ0v) is 9.45. The van der Waals surface area contributed by atoms with Crippen LogP contribution < -0.4 is 0 Å². The molecule has 0 saturated carbocycles. The van der Waals surface area contributed by atoms with Crippen molar-refractivity contribution in [2.45, 2.75) is 4.90 Å². The molecule has 0 heterocycles. The molecule has 0 spiro atoms. The summed E-state index contributed by atoms with van der Waals surface area (Å²) in [6, 6.07) is 5.28. The van der Waals surface area contributed by atoms with Crippen LogP contribution in [0.5, 0.6) is 0 Å². The Bertz CT molecular complexity index is 459. The largest absolute Gasteiger partial charge is 0.192 e. The van der Waals surface area contributed by atoms with E-state index in [1.54, 1.807) is 18.2 Å². The van der Waals surface area contributed by atoms with Crippen LogP contribution in [-0.4, -0.2) is 0 Å². The molecule has 1 aromatic carbocycles. The molecule has 1 aromatic rings. The molecule has 0 aliphatic carbocycles. The number of nitrogens with zero attached hydrogens (tertiary/aromatic N) is 3. The first-order valence-electron chi connectivity index (χ1n) is 3.52. The average Bonchev–Trinajstić information content (AvgIpc) is 2.19. The van der Waals surface area contributed by atoms with E-state index in [1.165, 1.54) is 0 Å². The highest BCUT2D eigenvalue weighted by molar-refractivity contribution is 7.80. The second-order valence-electron chi connectivity index (χ2n) is 2.44. The Balaban J connectivity index is 3.88. The van der Waals surface area contributed by atoms with E-state index in [-0.39, 0.29) is 31.6 Å². The Morgan fingerprint density at radius 2 is 1.13 bits per heavy atom. The number of nitriles is 3. The minimum atomic E-state index is -0.0794. The van der Waals surface area contributed by atoms with Crippen molar-refractivity contribution in [1.29, 1.82) is 15.8 Å². The third-order valence-corrected chi connectivity index (χ3v) is 2.89. The van der Waals surface area contributed by atoms with Crippen LogP contribution in [-0.2, 0) is 0 Å². The summed E-state index contributed by atoms with van der Waals surface area (Å²) in [6.45, 7) is 0. The highest BCUT2D eigenvalue weighted by Crippen LogP contribution is 2.35. The van der Waals surface area contributed by atoms with Crippen LogP contribution in [0.4, 0.5) is 0 Å². The van der Waals surface area contributed by atoms with Gasteiger partial charge in [-0.05, 0) is 0 Å². The van der Waals surface area contributed by atoms with Crippen molar-refractivity contribution in [3.63, 3.8) is 0 Å². The van der Waals surface area contributed by atoms with Crippen LogP contribution in [0.2, 0.25) is 10.0 Å². The van der Waals surface area contributed by atoms with Crippen LogP contribution in [0.3, 0.4) is 0 Å². The lowest BCUT2D eigenvalue weighted by molar-refractivity contribution is 1.31. The molecule has 0 aromatic heterocycles. The lowest BCUT2D eigenvalue weighted by atomic mass is 10.1. The first-order chi connectivity index (χ1) is 7.08. The van der Waals surface area contributed by atoms with Crippen LogP contribution in [0.15, 0.2) is 4.90 Å². The molecular weight excluding hydrogens is 253 g/mol. The molecule has 1 rings (SSSR count). The minimum absolute atomic E-state index is 0.0162. The number of rotatable bonds is 0. The Kier molecular flexibility index (Phi) is 3.45. The molecule has 6 heteroatoms. The monoisotopic (exact) mass is 253 g/mol. The van der Waals surface area contributed by atoms with Gasteiger partial charge >= 0.3 is 0 Å². The number of halogens is 2. The molecular formula is C9HCl2N3S. The van der Waals surface area contributed by atoms with E-state index in [9.17, 15) is 0 Å². The second-order valence-corrected chi connectivity index (χ2v) is 3.64. The standard InChI is InChI=1S/C9HCl2N3S/c10-7-4(1-12)8(11)6(3-14)9(15)5(7)2-13/h15H. The zero-order valence-electron chi connectivity index (χ0n) is 7.04. The molecule has 0 fully saturated rings. The van der Waals surface area contributed by atoms with Gasteiger partial charge in [-0.25, -0.2) is 0 Å². The van der Waals surface area contributed by atoms with E-state index in [1.807, 2.05) is 0 Å². The summed E-state index contributed by atoms with van der Waals surface area (Å²) in [4.78, 5) is 0.0917. The highest BCUT2D eigenvalue weighted by Gasteiger charge is 2.20. The summed E-state index contributed by atoms with van der Waals surface area (Å²) < 4.78 is 0. The van der Waals surface area contributed by atoms with Gasteiger partial charge in [0, 0.05) is 4.90 Å². The molecule has 0 unspecified atom stereocenters. The van der Waals surface area contributed by atoms with Crippen LogP contribution in [0.25, 0.3) is 0 Å². The minimum Gasteiger partial charge on any atom is -0.192 e.